The molecule has 7 heteroatoms. The number of carbonyl (C=O) groups excluding carboxylic acids is 2. The number of rotatable bonds is 5. The summed E-state index contributed by atoms with van der Waals surface area (Å²) in [5, 5.41) is 3.11. The van der Waals surface area contributed by atoms with Crippen LogP contribution in [-0.2, 0) is 11.3 Å². The summed E-state index contributed by atoms with van der Waals surface area (Å²) in [5.41, 5.74) is 2.63. The van der Waals surface area contributed by atoms with Crippen LogP contribution in [0.25, 0.3) is 0 Å². The molecule has 0 bridgehead atoms. The predicted octanol–water partition coefficient (Wildman–Crippen LogP) is 3.10. The number of piperidine rings is 1. The SMILES string of the molecule is CCOC(=O)N1CCC(NC(=O)c2cc(C)n(Cc3ccco3)c2C)CC1. The lowest BCUT2D eigenvalue weighted by Crippen LogP contribution is -2.46. The number of nitrogens with one attached hydrogen (secondary N) is 1. The third kappa shape index (κ3) is 4.35. The van der Waals surface area contributed by atoms with Gasteiger partial charge in [-0.3, -0.25) is 4.79 Å². The number of hydrogen-bond acceptors (Lipinski definition) is 4. The molecule has 0 radical (unpaired) electrons. The van der Waals surface area contributed by atoms with Crippen LogP contribution in [0.2, 0.25) is 0 Å². The molecule has 1 N–H and O–H groups in total. The molecule has 0 aliphatic carbocycles. The summed E-state index contributed by atoms with van der Waals surface area (Å²) in [5.74, 6) is 0.790. The number of aryl methyl sites for hydroxylation is 1. The lowest BCUT2D eigenvalue weighted by atomic mass is 10.0. The van der Waals surface area contributed by atoms with Gasteiger partial charge in [-0.1, -0.05) is 0 Å². The zero-order valence-corrected chi connectivity index (χ0v) is 16.2. The van der Waals surface area contributed by atoms with E-state index in [0.717, 1.165) is 30.0 Å². The van der Waals surface area contributed by atoms with E-state index in [1.54, 1.807) is 18.1 Å². The van der Waals surface area contributed by atoms with Crippen LogP contribution >= 0.6 is 0 Å². The molecule has 1 saturated heterocycles. The van der Waals surface area contributed by atoms with E-state index < -0.39 is 0 Å². The van der Waals surface area contributed by atoms with Gasteiger partial charge < -0.3 is 23.9 Å². The number of ether oxygens (including phenoxy) is 1. The molecule has 0 atom stereocenters. The van der Waals surface area contributed by atoms with Crippen molar-refractivity contribution >= 4 is 12.0 Å². The molecule has 2 amide bonds. The van der Waals surface area contributed by atoms with Gasteiger partial charge in [0.25, 0.3) is 5.91 Å². The molecule has 0 unspecified atom stereocenters. The molecule has 27 heavy (non-hydrogen) atoms. The van der Waals surface area contributed by atoms with E-state index in [2.05, 4.69) is 9.88 Å². The van der Waals surface area contributed by atoms with Gasteiger partial charge in [0.05, 0.1) is 25.0 Å². The molecule has 0 saturated carbocycles. The largest absolute Gasteiger partial charge is 0.467 e. The highest BCUT2D eigenvalue weighted by Gasteiger charge is 2.26. The molecule has 1 aliphatic heterocycles. The fraction of sp³-hybridized carbons (Fsp3) is 0.500. The Morgan fingerprint density at radius 2 is 2.04 bits per heavy atom. The molecule has 0 aromatic carbocycles. The number of hydrogen-bond donors (Lipinski definition) is 1. The Labute approximate surface area is 159 Å². The topological polar surface area (TPSA) is 76.7 Å². The first-order chi connectivity index (χ1) is 13.0. The van der Waals surface area contributed by atoms with Gasteiger partial charge in [0.15, 0.2) is 0 Å². The Balaban J connectivity index is 1.60. The van der Waals surface area contributed by atoms with E-state index in [-0.39, 0.29) is 18.0 Å². The summed E-state index contributed by atoms with van der Waals surface area (Å²) in [7, 11) is 0. The Morgan fingerprint density at radius 3 is 2.67 bits per heavy atom. The summed E-state index contributed by atoms with van der Waals surface area (Å²) in [4.78, 5) is 26.2. The maximum Gasteiger partial charge on any atom is 0.409 e. The summed E-state index contributed by atoms with van der Waals surface area (Å²) in [6, 6.07) is 5.77. The number of amides is 2. The second kappa shape index (κ2) is 8.33. The molecular formula is C20H27N3O4. The highest BCUT2D eigenvalue weighted by Crippen LogP contribution is 2.19. The van der Waals surface area contributed by atoms with Crippen LogP contribution in [0.3, 0.4) is 0 Å². The maximum atomic E-state index is 12.8. The summed E-state index contributed by atoms with van der Waals surface area (Å²) in [6.45, 7) is 7.92. The molecule has 0 spiro atoms. The van der Waals surface area contributed by atoms with E-state index in [9.17, 15) is 9.59 Å². The summed E-state index contributed by atoms with van der Waals surface area (Å²) >= 11 is 0. The lowest BCUT2D eigenvalue weighted by molar-refractivity contribution is 0.0859. The van der Waals surface area contributed by atoms with Crippen LogP contribution in [0.1, 0.15) is 47.3 Å². The van der Waals surface area contributed by atoms with Crippen molar-refractivity contribution in [1.82, 2.24) is 14.8 Å². The quantitative estimate of drug-likeness (QED) is 0.874. The van der Waals surface area contributed by atoms with Gasteiger partial charge in [0.2, 0.25) is 0 Å². The first kappa shape index (κ1) is 19.1. The third-order valence-electron chi connectivity index (χ3n) is 5.07. The zero-order chi connectivity index (χ0) is 19.4. The monoisotopic (exact) mass is 373 g/mol. The number of aromatic nitrogens is 1. The average molecular weight is 373 g/mol. The van der Waals surface area contributed by atoms with Crippen LogP contribution < -0.4 is 5.32 Å². The van der Waals surface area contributed by atoms with Crippen LogP contribution in [0.5, 0.6) is 0 Å². The molecular weight excluding hydrogens is 346 g/mol. The molecule has 146 valence electrons. The minimum atomic E-state index is -0.274. The van der Waals surface area contributed by atoms with E-state index >= 15 is 0 Å². The van der Waals surface area contributed by atoms with Crippen molar-refractivity contribution in [3.05, 3.63) is 47.2 Å². The highest BCUT2D eigenvalue weighted by molar-refractivity contribution is 5.95. The average Bonchev–Trinajstić information content (AvgIpc) is 3.26. The zero-order valence-electron chi connectivity index (χ0n) is 16.2. The number of carbonyl (C=O) groups is 2. The van der Waals surface area contributed by atoms with E-state index in [1.807, 2.05) is 32.0 Å². The second-order valence-corrected chi connectivity index (χ2v) is 6.88. The summed E-state index contributed by atoms with van der Waals surface area (Å²) < 4.78 is 12.5. The van der Waals surface area contributed by atoms with Crippen molar-refractivity contribution in [1.29, 1.82) is 0 Å². The standard InChI is InChI=1S/C20H27N3O4/c1-4-26-20(25)22-9-7-16(8-10-22)21-19(24)18-12-14(2)23(15(18)3)13-17-6-5-11-27-17/h5-6,11-12,16H,4,7-10,13H2,1-3H3,(H,21,24). The van der Waals surface area contributed by atoms with Crippen LogP contribution in [-0.4, -0.2) is 47.2 Å². The first-order valence-electron chi connectivity index (χ1n) is 9.41. The fourth-order valence-electron chi connectivity index (χ4n) is 3.52. The van der Waals surface area contributed by atoms with Crippen molar-refractivity contribution in [2.45, 2.75) is 46.2 Å². The molecule has 1 fully saturated rings. The van der Waals surface area contributed by atoms with Gasteiger partial charge in [0.1, 0.15) is 5.76 Å². The normalized spacial score (nSPS) is 15.0. The number of nitrogens with zero attached hydrogens (tertiary/aromatic N) is 2. The van der Waals surface area contributed by atoms with Crippen molar-refractivity contribution in [2.24, 2.45) is 0 Å². The molecule has 3 rings (SSSR count). The van der Waals surface area contributed by atoms with E-state index in [1.165, 1.54) is 0 Å². The Bertz CT molecular complexity index is 787. The van der Waals surface area contributed by atoms with Gasteiger partial charge in [-0.05, 0) is 51.8 Å². The predicted molar refractivity (Wildman–Crippen MR) is 101 cm³/mol. The van der Waals surface area contributed by atoms with Crippen molar-refractivity contribution < 1.29 is 18.7 Å². The number of furan rings is 1. The minimum Gasteiger partial charge on any atom is -0.467 e. The summed E-state index contributed by atoms with van der Waals surface area (Å²) in [6.07, 6.45) is 2.84. The van der Waals surface area contributed by atoms with Gasteiger partial charge in [-0.25, -0.2) is 4.79 Å². The molecule has 2 aromatic rings. The van der Waals surface area contributed by atoms with Gasteiger partial charge >= 0.3 is 6.09 Å². The Kier molecular flexibility index (Phi) is 5.88. The highest BCUT2D eigenvalue weighted by atomic mass is 16.6. The van der Waals surface area contributed by atoms with E-state index in [4.69, 9.17) is 9.15 Å². The molecule has 3 heterocycles. The Morgan fingerprint density at radius 1 is 1.30 bits per heavy atom. The second-order valence-electron chi connectivity index (χ2n) is 6.88. The van der Waals surface area contributed by atoms with Crippen molar-refractivity contribution in [3.8, 4) is 0 Å². The first-order valence-corrected chi connectivity index (χ1v) is 9.41. The van der Waals surface area contributed by atoms with Crippen LogP contribution in [0, 0.1) is 13.8 Å². The number of likely N-dealkylation sites (tertiary alicyclic amines) is 1. The van der Waals surface area contributed by atoms with Crippen molar-refractivity contribution in [2.75, 3.05) is 19.7 Å². The lowest BCUT2D eigenvalue weighted by Gasteiger charge is -2.31. The molecule has 7 nitrogen and oxygen atoms in total. The van der Waals surface area contributed by atoms with Gasteiger partial charge in [-0.2, -0.15) is 0 Å². The van der Waals surface area contributed by atoms with Crippen molar-refractivity contribution in [3.63, 3.8) is 0 Å². The van der Waals surface area contributed by atoms with E-state index in [0.29, 0.717) is 31.8 Å². The maximum absolute atomic E-state index is 12.8. The van der Waals surface area contributed by atoms with Crippen LogP contribution in [0.15, 0.2) is 28.9 Å². The third-order valence-corrected chi connectivity index (χ3v) is 5.07. The molecule has 2 aromatic heterocycles. The molecule has 1 aliphatic rings. The Hall–Kier alpha value is -2.70. The van der Waals surface area contributed by atoms with Gasteiger partial charge in [0, 0.05) is 30.5 Å². The van der Waals surface area contributed by atoms with Gasteiger partial charge in [-0.15, -0.1) is 0 Å². The van der Waals surface area contributed by atoms with Crippen LogP contribution in [0.4, 0.5) is 4.79 Å². The fourth-order valence-corrected chi connectivity index (χ4v) is 3.52. The minimum absolute atomic E-state index is 0.0660. The smallest absolute Gasteiger partial charge is 0.409 e.